The van der Waals surface area contributed by atoms with Crippen LogP contribution in [0.4, 0.5) is 0 Å². The van der Waals surface area contributed by atoms with Crippen molar-refractivity contribution in [2.75, 3.05) is 14.2 Å². The Labute approximate surface area is 196 Å². The van der Waals surface area contributed by atoms with E-state index in [-0.39, 0.29) is 12.5 Å². The average Bonchev–Trinajstić information content (AvgIpc) is 3.22. The summed E-state index contributed by atoms with van der Waals surface area (Å²) in [5, 5.41) is 12.9. The Bertz CT molecular complexity index is 1100. The molecule has 0 spiro atoms. The molecule has 0 fully saturated rings. The van der Waals surface area contributed by atoms with Crippen LogP contribution >= 0.6 is 23.4 Å². The highest BCUT2D eigenvalue weighted by atomic mass is 35.5. The summed E-state index contributed by atoms with van der Waals surface area (Å²) in [6.45, 7) is 3.00. The van der Waals surface area contributed by atoms with Crippen molar-refractivity contribution in [2.45, 2.75) is 30.9 Å². The minimum atomic E-state index is -0.226. The number of hydrogen-bond donors (Lipinski definition) is 1. The zero-order valence-electron chi connectivity index (χ0n) is 18.2. The van der Waals surface area contributed by atoms with Crippen LogP contribution in [-0.2, 0) is 23.6 Å². The number of nitrogens with zero attached hydrogens (tertiary/aromatic N) is 3. The first kappa shape index (κ1) is 23.7. The van der Waals surface area contributed by atoms with Gasteiger partial charge in [-0.05, 0) is 42.3 Å². The van der Waals surface area contributed by atoms with Crippen LogP contribution in [0.3, 0.4) is 0 Å². The van der Waals surface area contributed by atoms with Crippen molar-refractivity contribution in [3.8, 4) is 11.5 Å². The zero-order chi connectivity index (χ0) is 22.9. The standard InChI is InChI=1S/C23H25ClN4O3S/c1-4-28-21(26-27-23(28)32-15-17-7-5-6-8-18(17)24)14-25-22(29)12-10-16-9-11-19(30-2)20(13-16)31-3/h5-13H,4,14-15H2,1-3H3,(H,25,29). The number of carbonyl (C=O) groups excluding carboxylic acids is 1. The highest BCUT2D eigenvalue weighted by molar-refractivity contribution is 7.98. The van der Waals surface area contributed by atoms with Gasteiger partial charge in [-0.2, -0.15) is 0 Å². The highest BCUT2D eigenvalue weighted by Gasteiger charge is 2.13. The molecule has 3 rings (SSSR count). The molecule has 32 heavy (non-hydrogen) atoms. The monoisotopic (exact) mass is 472 g/mol. The predicted octanol–water partition coefficient (Wildman–Crippen LogP) is 4.59. The molecule has 1 heterocycles. The fourth-order valence-electron chi connectivity index (χ4n) is 2.99. The molecule has 0 aliphatic carbocycles. The Balaban J connectivity index is 1.59. The van der Waals surface area contributed by atoms with E-state index in [0.717, 1.165) is 21.3 Å². The lowest BCUT2D eigenvalue weighted by Crippen LogP contribution is -2.22. The van der Waals surface area contributed by atoms with Crippen LogP contribution in [-0.4, -0.2) is 34.9 Å². The minimum Gasteiger partial charge on any atom is -0.493 e. The van der Waals surface area contributed by atoms with Gasteiger partial charge in [-0.1, -0.05) is 47.6 Å². The Morgan fingerprint density at radius 2 is 1.94 bits per heavy atom. The van der Waals surface area contributed by atoms with Crippen LogP contribution < -0.4 is 14.8 Å². The van der Waals surface area contributed by atoms with E-state index in [1.807, 2.05) is 41.8 Å². The largest absolute Gasteiger partial charge is 0.493 e. The van der Waals surface area contributed by atoms with E-state index in [1.54, 1.807) is 44.2 Å². The number of amides is 1. The lowest BCUT2D eigenvalue weighted by Gasteiger charge is -2.08. The fourth-order valence-corrected chi connectivity index (χ4v) is 4.29. The number of benzene rings is 2. The normalized spacial score (nSPS) is 11.0. The van der Waals surface area contributed by atoms with E-state index < -0.39 is 0 Å². The van der Waals surface area contributed by atoms with Crippen molar-refractivity contribution in [1.82, 2.24) is 20.1 Å². The third-order valence-electron chi connectivity index (χ3n) is 4.68. The Kier molecular flexibility index (Phi) is 8.58. The molecule has 0 aliphatic rings. The maximum atomic E-state index is 12.3. The molecule has 0 atom stereocenters. The highest BCUT2D eigenvalue weighted by Crippen LogP contribution is 2.28. The van der Waals surface area contributed by atoms with Crippen LogP contribution in [0.25, 0.3) is 6.08 Å². The molecule has 0 bridgehead atoms. The molecule has 0 radical (unpaired) electrons. The summed E-state index contributed by atoms with van der Waals surface area (Å²) in [5.41, 5.74) is 1.87. The zero-order valence-corrected chi connectivity index (χ0v) is 19.7. The molecule has 1 aromatic heterocycles. The summed E-state index contributed by atoms with van der Waals surface area (Å²) in [6, 6.07) is 13.2. The van der Waals surface area contributed by atoms with Crippen molar-refractivity contribution < 1.29 is 14.3 Å². The molecule has 0 saturated carbocycles. The minimum absolute atomic E-state index is 0.226. The van der Waals surface area contributed by atoms with Gasteiger partial charge >= 0.3 is 0 Å². The summed E-state index contributed by atoms with van der Waals surface area (Å²) in [4.78, 5) is 12.3. The number of thioether (sulfide) groups is 1. The number of aromatic nitrogens is 3. The van der Waals surface area contributed by atoms with Gasteiger partial charge in [0.05, 0.1) is 20.8 Å². The van der Waals surface area contributed by atoms with Gasteiger partial charge < -0.3 is 19.4 Å². The molecular weight excluding hydrogens is 448 g/mol. The number of nitrogens with one attached hydrogen (secondary N) is 1. The van der Waals surface area contributed by atoms with Crippen molar-refractivity contribution >= 4 is 35.3 Å². The van der Waals surface area contributed by atoms with E-state index in [2.05, 4.69) is 15.5 Å². The molecule has 1 amide bonds. The summed E-state index contributed by atoms with van der Waals surface area (Å²) >= 11 is 7.80. The second-order valence-electron chi connectivity index (χ2n) is 6.69. The van der Waals surface area contributed by atoms with Crippen molar-refractivity contribution in [3.63, 3.8) is 0 Å². The third-order valence-corrected chi connectivity index (χ3v) is 6.06. The Hall–Kier alpha value is -2.97. The number of ether oxygens (including phenoxy) is 2. The Morgan fingerprint density at radius 3 is 2.66 bits per heavy atom. The van der Waals surface area contributed by atoms with Crippen LogP contribution in [0.1, 0.15) is 23.9 Å². The van der Waals surface area contributed by atoms with Crippen LogP contribution in [0.5, 0.6) is 11.5 Å². The summed E-state index contributed by atoms with van der Waals surface area (Å²) in [5.74, 6) is 2.40. The van der Waals surface area contributed by atoms with E-state index in [4.69, 9.17) is 21.1 Å². The molecule has 0 unspecified atom stereocenters. The van der Waals surface area contributed by atoms with E-state index >= 15 is 0 Å². The topological polar surface area (TPSA) is 78.3 Å². The number of carbonyl (C=O) groups is 1. The lowest BCUT2D eigenvalue weighted by molar-refractivity contribution is -0.116. The number of halogens is 1. The van der Waals surface area contributed by atoms with Gasteiger partial charge in [0.1, 0.15) is 0 Å². The second kappa shape index (κ2) is 11.6. The van der Waals surface area contributed by atoms with Gasteiger partial charge in [0.25, 0.3) is 0 Å². The number of rotatable bonds is 10. The lowest BCUT2D eigenvalue weighted by atomic mass is 10.2. The van der Waals surface area contributed by atoms with Crippen LogP contribution in [0, 0.1) is 0 Å². The quantitative estimate of drug-likeness (QED) is 0.343. The number of hydrogen-bond acceptors (Lipinski definition) is 6. The van der Waals surface area contributed by atoms with Crippen LogP contribution in [0.15, 0.2) is 53.7 Å². The molecular formula is C23H25ClN4O3S. The smallest absolute Gasteiger partial charge is 0.244 e. The van der Waals surface area contributed by atoms with Crippen molar-refractivity contribution in [3.05, 3.63) is 70.5 Å². The molecule has 1 N–H and O–H groups in total. The van der Waals surface area contributed by atoms with E-state index in [9.17, 15) is 4.79 Å². The maximum Gasteiger partial charge on any atom is 0.244 e. The molecule has 3 aromatic rings. The van der Waals surface area contributed by atoms with Crippen molar-refractivity contribution in [2.24, 2.45) is 0 Å². The molecule has 168 valence electrons. The molecule has 9 heteroatoms. The van der Waals surface area contributed by atoms with Gasteiger partial charge in [0.15, 0.2) is 22.5 Å². The van der Waals surface area contributed by atoms with Gasteiger partial charge in [0.2, 0.25) is 5.91 Å². The first-order valence-corrected chi connectivity index (χ1v) is 11.4. The molecule has 7 nitrogen and oxygen atoms in total. The summed E-state index contributed by atoms with van der Waals surface area (Å²) in [6.07, 6.45) is 3.19. The fraction of sp³-hybridized carbons (Fsp3) is 0.261. The first-order valence-electron chi connectivity index (χ1n) is 10.0. The maximum absolute atomic E-state index is 12.3. The van der Waals surface area contributed by atoms with Crippen molar-refractivity contribution in [1.29, 1.82) is 0 Å². The SMILES string of the molecule is CCn1c(CNC(=O)C=Cc2ccc(OC)c(OC)c2)nnc1SCc1ccccc1Cl. The van der Waals surface area contributed by atoms with E-state index in [0.29, 0.717) is 29.6 Å². The first-order chi connectivity index (χ1) is 15.5. The summed E-state index contributed by atoms with van der Waals surface area (Å²) < 4.78 is 12.5. The molecule has 0 saturated heterocycles. The average molecular weight is 473 g/mol. The molecule has 2 aromatic carbocycles. The predicted molar refractivity (Wildman–Crippen MR) is 127 cm³/mol. The molecule has 0 aliphatic heterocycles. The third kappa shape index (κ3) is 6.05. The second-order valence-corrected chi connectivity index (χ2v) is 8.04. The number of methoxy groups -OCH3 is 2. The summed E-state index contributed by atoms with van der Waals surface area (Å²) in [7, 11) is 3.15. The van der Waals surface area contributed by atoms with Gasteiger partial charge in [0, 0.05) is 23.4 Å². The van der Waals surface area contributed by atoms with Crippen LogP contribution in [0.2, 0.25) is 5.02 Å². The van der Waals surface area contributed by atoms with Gasteiger partial charge in [-0.3, -0.25) is 4.79 Å². The van der Waals surface area contributed by atoms with E-state index in [1.165, 1.54) is 6.08 Å². The van der Waals surface area contributed by atoms with Gasteiger partial charge in [-0.15, -0.1) is 10.2 Å². The Morgan fingerprint density at radius 1 is 1.16 bits per heavy atom. The van der Waals surface area contributed by atoms with Gasteiger partial charge in [-0.25, -0.2) is 0 Å².